The number of aromatic amines is 1. The fraction of sp³-hybridized carbons (Fsp3) is 0.118. The van der Waals surface area contributed by atoms with E-state index in [0.29, 0.717) is 11.6 Å². The molecule has 6 heteroatoms. The number of carboxylic acids is 1. The fourth-order valence-electron chi connectivity index (χ4n) is 2.32. The molecule has 0 radical (unpaired) electrons. The summed E-state index contributed by atoms with van der Waals surface area (Å²) in [5.74, 6) is 0.00726. The number of aromatic nitrogens is 2. The highest BCUT2D eigenvalue weighted by molar-refractivity contribution is 5.90. The Hall–Kier alpha value is -2.99. The van der Waals surface area contributed by atoms with E-state index in [0.717, 1.165) is 16.5 Å². The number of H-pyrrole nitrogens is 1. The maximum absolute atomic E-state index is 11.2. The lowest BCUT2D eigenvalue weighted by molar-refractivity contribution is -0.350. The van der Waals surface area contributed by atoms with Crippen molar-refractivity contribution in [1.29, 1.82) is 0 Å². The Morgan fingerprint density at radius 1 is 1.13 bits per heavy atom. The van der Waals surface area contributed by atoms with Crippen LogP contribution in [0.3, 0.4) is 0 Å². The average Bonchev–Trinajstić information content (AvgIpc) is 2.59. The number of anilines is 1. The number of rotatable bonds is 5. The summed E-state index contributed by atoms with van der Waals surface area (Å²) < 4.78 is 0. The molecule has 0 saturated heterocycles. The van der Waals surface area contributed by atoms with Crippen LogP contribution in [0.5, 0.6) is 0 Å². The van der Waals surface area contributed by atoms with E-state index in [-0.39, 0.29) is 0 Å². The average molecular weight is 310 g/mol. The molecule has 116 valence electrons. The lowest BCUT2D eigenvalue weighted by Crippen LogP contribution is -2.35. The lowest BCUT2D eigenvalue weighted by Gasteiger charge is -2.10. The van der Waals surface area contributed by atoms with Crippen molar-refractivity contribution in [3.63, 3.8) is 0 Å². The molecule has 1 aromatic heterocycles. The number of nitrogens with one attached hydrogen (secondary N) is 2. The second-order valence-corrected chi connectivity index (χ2v) is 5.06. The summed E-state index contributed by atoms with van der Waals surface area (Å²) in [6.07, 6.45) is 0. The minimum Gasteiger partial charge on any atom is -0.479 e. The number of para-hydroxylation sites is 1. The molecule has 1 unspecified atom stereocenters. The van der Waals surface area contributed by atoms with Gasteiger partial charge in [-0.25, -0.2) is 9.78 Å². The van der Waals surface area contributed by atoms with Crippen molar-refractivity contribution < 1.29 is 20.0 Å². The number of hydrogen-bond donors (Lipinski definition) is 3. The first kappa shape index (κ1) is 14.9. The van der Waals surface area contributed by atoms with E-state index in [2.05, 4.69) is 15.3 Å². The van der Waals surface area contributed by atoms with Crippen LogP contribution in [0, 0.1) is 0 Å². The fourth-order valence-corrected chi connectivity index (χ4v) is 2.32. The Labute approximate surface area is 132 Å². The first-order chi connectivity index (χ1) is 11.2. The molecule has 4 N–H and O–H groups in total. The molecular formula is C17H16N3O3+. The normalized spacial score (nSPS) is 12.0. The van der Waals surface area contributed by atoms with E-state index in [1.54, 1.807) is 0 Å². The number of benzene rings is 2. The highest BCUT2D eigenvalue weighted by Gasteiger charge is 2.23. The van der Waals surface area contributed by atoms with Gasteiger partial charge in [-0.05, 0) is 24.3 Å². The van der Waals surface area contributed by atoms with Gasteiger partial charge in [-0.15, -0.1) is 4.98 Å². The topological polar surface area (TPSA) is 96.6 Å². The van der Waals surface area contributed by atoms with Crippen LogP contribution in [0.1, 0.15) is 0 Å². The standard InChI is InChI=1S/C17H15N3O3/c21-10-14(17(22)23)19-16-12-8-4-5-9-13(12)18-15(20-16)11-6-2-1-3-7-11/h1-9,14,21H,10H2,(H,22,23)(H,18,19,20)/p+1. The van der Waals surface area contributed by atoms with E-state index < -0.39 is 18.6 Å². The summed E-state index contributed by atoms with van der Waals surface area (Å²) in [6, 6.07) is 15.9. The Morgan fingerprint density at radius 3 is 2.52 bits per heavy atom. The summed E-state index contributed by atoms with van der Waals surface area (Å²) in [5.41, 5.74) is 1.62. The molecule has 1 heterocycles. The molecule has 0 saturated carbocycles. The van der Waals surface area contributed by atoms with Crippen molar-refractivity contribution >= 4 is 22.7 Å². The summed E-state index contributed by atoms with van der Waals surface area (Å²) >= 11 is 0. The number of carbonyl (C=O) groups is 1. The molecular weight excluding hydrogens is 294 g/mol. The smallest absolute Gasteiger partial charge is 0.343 e. The van der Waals surface area contributed by atoms with Gasteiger partial charge >= 0.3 is 5.97 Å². The Bertz CT molecular complexity index is 837. The van der Waals surface area contributed by atoms with Gasteiger partial charge in [0.1, 0.15) is 0 Å². The highest BCUT2D eigenvalue weighted by Crippen LogP contribution is 2.21. The van der Waals surface area contributed by atoms with E-state index in [4.69, 9.17) is 5.11 Å². The number of fused-ring (bicyclic) bond motifs is 1. The predicted octanol–water partition coefficient (Wildman–Crippen LogP) is 1.57. The van der Waals surface area contributed by atoms with Crippen LogP contribution in [0.25, 0.3) is 22.3 Å². The molecule has 0 aliphatic rings. The Kier molecular flexibility index (Phi) is 4.16. The number of nitrogens with zero attached hydrogens (tertiary/aromatic N) is 1. The van der Waals surface area contributed by atoms with Gasteiger partial charge < -0.3 is 10.2 Å². The zero-order valence-corrected chi connectivity index (χ0v) is 12.2. The van der Waals surface area contributed by atoms with E-state index >= 15 is 0 Å². The highest BCUT2D eigenvalue weighted by atomic mass is 16.4. The molecule has 2 aromatic carbocycles. The number of carboxylic acid groups (broad SMARTS) is 1. The van der Waals surface area contributed by atoms with E-state index in [1.165, 1.54) is 0 Å². The minimum absolute atomic E-state index is 0.510. The van der Waals surface area contributed by atoms with E-state index in [1.807, 2.05) is 54.6 Å². The lowest BCUT2D eigenvalue weighted by atomic mass is 10.1. The van der Waals surface area contributed by atoms with Crippen LogP contribution in [-0.4, -0.2) is 33.8 Å². The molecule has 3 rings (SSSR count). The van der Waals surface area contributed by atoms with Crippen molar-refractivity contribution in [3.8, 4) is 11.4 Å². The van der Waals surface area contributed by atoms with Gasteiger partial charge in [0.25, 0.3) is 5.82 Å². The van der Waals surface area contributed by atoms with Crippen LogP contribution in [0.4, 0.5) is 5.82 Å². The van der Waals surface area contributed by atoms with Gasteiger partial charge in [0.15, 0.2) is 11.6 Å². The van der Waals surface area contributed by atoms with Crippen LogP contribution < -0.4 is 10.3 Å². The zero-order chi connectivity index (χ0) is 16.2. The Morgan fingerprint density at radius 2 is 1.83 bits per heavy atom. The van der Waals surface area contributed by atoms with E-state index in [9.17, 15) is 9.90 Å². The van der Waals surface area contributed by atoms with Gasteiger partial charge in [-0.3, -0.25) is 5.32 Å². The molecule has 23 heavy (non-hydrogen) atoms. The first-order valence-corrected chi connectivity index (χ1v) is 7.16. The second-order valence-electron chi connectivity index (χ2n) is 5.06. The van der Waals surface area contributed by atoms with Crippen LogP contribution in [-0.2, 0) is 4.79 Å². The third kappa shape index (κ3) is 3.12. The SMILES string of the molecule is O=C(O)C(CO)Nc1[nH+]c(-c2ccccc2)nc2ccccc12. The second kappa shape index (κ2) is 6.41. The maximum atomic E-state index is 11.2. The third-order valence-electron chi connectivity index (χ3n) is 3.50. The third-order valence-corrected chi connectivity index (χ3v) is 3.50. The van der Waals surface area contributed by atoms with Crippen LogP contribution >= 0.6 is 0 Å². The van der Waals surface area contributed by atoms with Crippen LogP contribution in [0.2, 0.25) is 0 Å². The molecule has 0 fully saturated rings. The van der Waals surface area contributed by atoms with Crippen molar-refractivity contribution in [3.05, 3.63) is 54.6 Å². The van der Waals surface area contributed by atoms with Crippen molar-refractivity contribution in [2.75, 3.05) is 11.9 Å². The number of hydrogen-bond acceptors (Lipinski definition) is 4. The quantitative estimate of drug-likeness (QED) is 0.665. The molecule has 6 nitrogen and oxygen atoms in total. The molecule has 0 spiro atoms. The van der Waals surface area contributed by atoms with Gasteiger partial charge in [-0.2, -0.15) is 0 Å². The molecule has 0 aliphatic carbocycles. The largest absolute Gasteiger partial charge is 0.479 e. The molecule has 0 bridgehead atoms. The minimum atomic E-state index is -1.12. The van der Waals surface area contributed by atoms with Gasteiger partial charge in [0.05, 0.1) is 17.6 Å². The van der Waals surface area contributed by atoms with Gasteiger partial charge in [-0.1, -0.05) is 30.3 Å². The Balaban J connectivity index is 2.13. The number of aliphatic carboxylic acids is 1. The predicted molar refractivity (Wildman–Crippen MR) is 85.9 cm³/mol. The number of aliphatic hydroxyl groups excluding tert-OH is 1. The zero-order valence-electron chi connectivity index (χ0n) is 12.2. The van der Waals surface area contributed by atoms with Crippen molar-refractivity contribution in [2.24, 2.45) is 0 Å². The first-order valence-electron chi connectivity index (χ1n) is 7.16. The summed E-state index contributed by atoms with van der Waals surface area (Å²) in [5, 5.41) is 22.0. The molecule has 3 aromatic rings. The maximum Gasteiger partial charge on any atom is 0.343 e. The summed E-state index contributed by atoms with van der Waals surface area (Å²) in [4.78, 5) is 18.9. The van der Waals surface area contributed by atoms with Gasteiger partial charge in [0.2, 0.25) is 5.82 Å². The van der Waals surface area contributed by atoms with Crippen LogP contribution in [0.15, 0.2) is 54.6 Å². The summed E-state index contributed by atoms with van der Waals surface area (Å²) in [6.45, 7) is -0.513. The molecule has 0 amide bonds. The van der Waals surface area contributed by atoms with Crippen molar-refractivity contribution in [2.45, 2.75) is 6.04 Å². The molecule has 0 aliphatic heterocycles. The van der Waals surface area contributed by atoms with Gasteiger partial charge in [0, 0.05) is 0 Å². The molecule has 1 atom stereocenters. The summed E-state index contributed by atoms with van der Waals surface area (Å²) in [7, 11) is 0. The monoisotopic (exact) mass is 310 g/mol. The number of aliphatic hydroxyl groups is 1. The van der Waals surface area contributed by atoms with Crippen molar-refractivity contribution in [1.82, 2.24) is 4.98 Å².